The molecule has 1 atom stereocenters. The van der Waals surface area contributed by atoms with Crippen LogP contribution in [0.2, 0.25) is 10.0 Å². The number of hydrogen-bond donors (Lipinski definition) is 1. The molecule has 1 N–H and O–H groups in total. The molecule has 0 bridgehead atoms. The van der Waals surface area contributed by atoms with Crippen LogP contribution in [0.5, 0.6) is 5.75 Å². The molecule has 0 amide bonds. The third-order valence-electron chi connectivity index (χ3n) is 5.46. The van der Waals surface area contributed by atoms with Crippen molar-refractivity contribution in [3.63, 3.8) is 0 Å². The lowest BCUT2D eigenvalue weighted by Crippen LogP contribution is -2.47. The van der Waals surface area contributed by atoms with Crippen molar-refractivity contribution in [1.29, 1.82) is 0 Å². The number of anilines is 1. The number of piperazine rings is 1. The van der Waals surface area contributed by atoms with E-state index in [1.807, 2.05) is 24.3 Å². The van der Waals surface area contributed by atoms with E-state index in [4.69, 9.17) is 32.9 Å². The van der Waals surface area contributed by atoms with Crippen LogP contribution in [-0.4, -0.2) is 65.0 Å². The van der Waals surface area contributed by atoms with Crippen molar-refractivity contribution in [2.75, 3.05) is 44.2 Å². The number of nitrogens with zero attached hydrogens (tertiary/aromatic N) is 4. The van der Waals surface area contributed by atoms with Crippen LogP contribution in [0.25, 0.3) is 11.0 Å². The minimum Gasteiger partial charge on any atom is -0.489 e. The van der Waals surface area contributed by atoms with Gasteiger partial charge in [-0.05, 0) is 36.9 Å². The third kappa shape index (κ3) is 4.67. The summed E-state index contributed by atoms with van der Waals surface area (Å²) in [5.74, 6) is 1.40. The summed E-state index contributed by atoms with van der Waals surface area (Å²) >= 11 is 12.1. The van der Waals surface area contributed by atoms with Crippen LogP contribution < -0.4 is 9.64 Å². The third-order valence-corrected chi connectivity index (χ3v) is 5.99. The second-order valence-electron chi connectivity index (χ2n) is 7.47. The van der Waals surface area contributed by atoms with Crippen molar-refractivity contribution in [3.05, 3.63) is 52.5 Å². The molecule has 1 fully saturated rings. The zero-order valence-corrected chi connectivity index (χ0v) is 18.5. The molecule has 4 rings (SSSR count). The summed E-state index contributed by atoms with van der Waals surface area (Å²) in [4.78, 5) is 9.60. The molecule has 1 saturated heterocycles. The number of aromatic nitrogens is 2. The number of imidazole rings is 1. The zero-order valence-electron chi connectivity index (χ0n) is 17.0. The molecule has 1 unspecified atom stereocenters. The molecule has 0 aliphatic carbocycles. The van der Waals surface area contributed by atoms with Crippen molar-refractivity contribution in [1.82, 2.24) is 14.5 Å². The molecule has 2 heterocycles. The highest BCUT2D eigenvalue weighted by Crippen LogP contribution is 2.28. The first-order valence-corrected chi connectivity index (χ1v) is 11.0. The number of aliphatic hydroxyl groups excluding tert-OH is 1. The van der Waals surface area contributed by atoms with Crippen molar-refractivity contribution in [3.8, 4) is 5.75 Å². The second-order valence-corrected chi connectivity index (χ2v) is 8.32. The minimum atomic E-state index is -0.718. The lowest BCUT2D eigenvalue weighted by atomic mass is 10.3. The maximum Gasteiger partial charge on any atom is 0.206 e. The Morgan fingerprint density at radius 2 is 1.87 bits per heavy atom. The Bertz CT molecular complexity index is 1000. The van der Waals surface area contributed by atoms with Gasteiger partial charge in [-0.1, -0.05) is 42.3 Å². The summed E-state index contributed by atoms with van der Waals surface area (Å²) in [5, 5.41) is 11.7. The fourth-order valence-electron chi connectivity index (χ4n) is 3.79. The quantitative estimate of drug-likeness (QED) is 0.593. The highest BCUT2D eigenvalue weighted by Gasteiger charge is 2.23. The van der Waals surface area contributed by atoms with Crippen LogP contribution in [0, 0.1) is 0 Å². The molecular formula is C22H26Cl2N4O2. The predicted molar refractivity (Wildman–Crippen MR) is 122 cm³/mol. The van der Waals surface area contributed by atoms with E-state index in [1.165, 1.54) is 0 Å². The first-order chi connectivity index (χ1) is 14.5. The van der Waals surface area contributed by atoms with Gasteiger partial charge in [-0.25, -0.2) is 4.98 Å². The summed E-state index contributed by atoms with van der Waals surface area (Å²) in [5.41, 5.74) is 1.94. The highest BCUT2D eigenvalue weighted by molar-refractivity contribution is 6.35. The number of likely N-dealkylation sites (N-methyl/N-ethyl adjacent to an activating group) is 1. The van der Waals surface area contributed by atoms with Gasteiger partial charge in [0.2, 0.25) is 5.95 Å². The van der Waals surface area contributed by atoms with Gasteiger partial charge in [0, 0.05) is 31.2 Å². The van der Waals surface area contributed by atoms with E-state index in [0.29, 0.717) is 22.3 Å². The van der Waals surface area contributed by atoms with E-state index < -0.39 is 6.10 Å². The number of ether oxygens (including phenoxy) is 1. The van der Waals surface area contributed by atoms with E-state index in [-0.39, 0.29) is 6.61 Å². The van der Waals surface area contributed by atoms with Gasteiger partial charge < -0.3 is 24.2 Å². The van der Waals surface area contributed by atoms with Crippen molar-refractivity contribution in [2.24, 2.45) is 0 Å². The summed E-state index contributed by atoms with van der Waals surface area (Å²) in [6.07, 6.45) is -0.718. The number of rotatable bonds is 7. The van der Waals surface area contributed by atoms with Crippen molar-refractivity contribution < 1.29 is 9.84 Å². The van der Waals surface area contributed by atoms with Gasteiger partial charge in [-0.2, -0.15) is 0 Å². The average Bonchev–Trinajstić information content (AvgIpc) is 3.11. The maximum absolute atomic E-state index is 10.7. The van der Waals surface area contributed by atoms with Gasteiger partial charge in [0.05, 0.1) is 22.6 Å². The average molecular weight is 449 g/mol. The maximum atomic E-state index is 10.7. The first kappa shape index (κ1) is 21.2. The Hall–Kier alpha value is -1.99. The summed E-state index contributed by atoms with van der Waals surface area (Å²) in [7, 11) is 0. The Morgan fingerprint density at radius 3 is 2.60 bits per heavy atom. The van der Waals surface area contributed by atoms with Gasteiger partial charge >= 0.3 is 0 Å². The van der Waals surface area contributed by atoms with Gasteiger partial charge in [0.15, 0.2) is 0 Å². The fraction of sp³-hybridized carbons (Fsp3) is 0.409. The second kappa shape index (κ2) is 9.43. The Morgan fingerprint density at radius 1 is 1.10 bits per heavy atom. The fourth-order valence-corrected chi connectivity index (χ4v) is 4.25. The van der Waals surface area contributed by atoms with Gasteiger partial charge in [-0.3, -0.25) is 0 Å². The van der Waals surface area contributed by atoms with Gasteiger partial charge in [-0.15, -0.1) is 0 Å². The molecule has 1 aliphatic rings. The van der Waals surface area contributed by atoms with Crippen LogP contribution in [0.4, 0.5) is 5.95 Å². The molecule has 2 aromatic carbocycles. The predicted octanol–water partition coefficient (Wildman–Crippen LogP) is 3.92. The number of halogens is 2. The SMILES string of the molecule is CCN1CCN(c2nc3ccccc3n2CC(O)COc2ccc(Cl)cc2Cl)CC1. The smallest absolute Gasteiger partial charge is 0.206 e. The Balaban J connectivity index is 1.51. The molecule has 0 saturated carbocycles. The van der Waals surface area contributed by atoms with E-state index in [1.54, 1.807) is 18.2 Å². The van der Waals surface area contributed by atoms with E-state index >= 15 is 0 Å². The van der Waals surface area contributed by atoms with Gasteiger partial charge in [0.1, 0.15) is 18.5 Å². The summed E-state index contributed by atoms with van der Waals surface area (Å²) in [6, 6.07) is 13.1. The van der Waals surface area contributed by atoms with Gasteiger partial charge in [0.25, 0.3) is 0 Å². The molecule has 6 nitrogen and oxygen atoms in total. The summed E-state index contributed by atoms with van der Waals surface area (Å²) < 4.78 is 7.83. The van der Waals surface area contributed by atoms with Crippen LogP contribution in [0.3, 0.4) is 0 Å². The standard InChI is InChI=1S/C22H26Cl2N4O2/c1-2-26-9-11-27(12-10-26)22-25-19-5-3-4-6-20(19)28(22)14-17(29)15-30-21-8-7-16(23)13-18(21)24/h3-8,13,17,29H,2,9-12,14-15H2,1H3. The molecule has 0 radical (unpaired) electrons. The molecule has 1 aromatic heterocycles. The first-order valence-electron chi connectivity index (χ1n) is 10.2. The number of para-hydroxylation sites is 2. The molecule has 3 aromatic rings. The van der Waals surface area contributed by atoms with E-state index in [9.17, 15) is 5.11 Å². The molecule has 30 heavy (non-hydrogen) atoms. The number of hydrogen-bond acceptors (Lipinski definition) is 5. The van der Waals surface area contributed by atoms with Crippen LogP contribution in [0.1, 0.15) is 6.92 Å². The normalized spacial score (nSPS) is 16.2. The molecule has 160 valence electrons. The lowest BCUT2D eigenvalue weighted by Gasteiger charge is -2.35. The molecule has 8 heteroatoms. The molecular weight excluding hydrogens is 423 g/mol. The number of fused-ring (bicyclic) bond motifs is 1. The Kier molecular flexibility index (Phi) is 6.68. The molecule has 1 aliphatic heterocycles. The van der Waals surface area contributed by atoms with Crippen LogP contribution in [0.15, 0.2) is 42.5 Å². The Labute approximate surface area is 186 Å². The topological polar surface area (TPSA) is 53.8 Å². The lowest BCUT2D eigenvalue weighted by molar-refractivity contribution is 0.0936. The zero-order chi connectivity index (χ0) is 21.1. The largest absolute Gasteiger partial charge is 0.489 e. The van der Waals surface area contributed by atoms with Crippen LogP contribution in [-0.2, 0) is 6.54 Å². The van der Waals surface area contributed by atoms with Crippen molar-refractivity contribution >= 4 is 40.2 Å². The monoisotopic (exact) mass is 448 g/mol. The van der Waals surface area contributed by atoms with Crippen LogP contribution >= 0.6 is 23.2 Å². The minimum absolute atomic E-state index is 0.122. The van der Waals surface area contributed by atoms with E-state index in [0.717, 1.165) is 49.7 Å². The number of aliphatic hydroxyl groups is 1. The summed E-state index contributed by atoms with van der Waals surface area (Å²) in [6.45, 7) is 7.63. The highest BCUT2D eigenvalue weighted by atomic mass is 35.5. The van der Waals surface area contributed by atoms with Crippen molar-refractivity contribution in [2.45, 2.75) is 19.6 Å². The number of benzene rings is 2. The van der Waals surface area contributed by atoms with E-state index in [2.05, 4.69) is 21.3 Å². The molecule has 0 spiro atoms.